The molecule has 0 unspecified atom stereocenters. The summed E-state index contributed by atoms with van der Waals surface area (Å²) in [5, 5.41) is 0. The van der Waals surface area contributed by atoms with Crippen LogP contribution in [-0.4, -0.2) is 24.5 Å². The van der Waals surface area contributed by atoms with Crippen molar-refractivity contribution in [3.8, 4) is 0 Å². The Morgan fingerprint density at radius 1 is 0.577 bits per heavy atom. The quantitative estimate of drug-likeness (QED) is 0.334. The van der Waals surface area contributed by atoms with Crippen LogP contribution in [0.5, 0.6) is 0 Å². The van der Waals surface area contributed by atoms with Crippen LogP contribution in [-0.2, 0) is 0 Å². The lowest BCUT2D eigenvalue weighted by molar-refractivity contribution is 0.727. The van der Waals surface area contributed by atoms with E-state index in [1.807, 2.05) is 0 Å². The maximum atomic E-state index is 4.99. The van der Waals surface area contributed by atoms with Crippen molar-refractivity contribution in [3.63, 3.8) is 0 Å². The van der Waals surface area contributed by atoms with Crippen molar-refractivity contribution in [1.29, 1.82) is 0 Å². The van der Waals surface area contributed by atoms with Crippen molar-refractivity contribution in [2.24, 2.45) is 9.98 Å². The predicted octanol–water partition coefficient (Wildman–Crippen LogP) is 6.35. The predicted molar refractivity (Wildman–Crippen MR) is 115 cm³/mol. The van der Waals surface area contributed by atoms with E-state index in [0.717, 1.165) is 48.5 Å². The molecule has 0 aliphatic carbocycles. The third kappa shape index (κ3) is 6.59. The molecule has 0 heterocycles. The Balaban J connectivity index is 2.36. The first-order chi connectivity index (χ1) is 12.9. The van der Waals surface area contributed by atoms with Crippen molar-refractivity contribution < 1.29 is 0 Å². The zero-order valence-electron chi connectivity index (χ0n) is 16.3. The van der Waals surface area contributed by atoms with E-state index in [4.69, 9.17) is 9.98 Å². The van der Waals surface area contributed by atoms with Crippen molar-refractivity contribution in [2.75, 3.05) is 13.1 Å². The molecule has 0 amide bonds. The average molecular weight is 349 g/mol. The highest BCUT2D eigenvalue weighted by Crippen LogP contribution is 2.12. The molecule has 0 saturated carbocycles. The van der Waals surface area contributed by atoms with E-state index in [0.29, 0.717) is 0 Å². The van der Waals surface area contributed by atoms with Crippen LogP contribution in [0.2, 0.25) is 0 Å². The van der Waals surface area contributed by atoms with Gasteiger partial charge in [-0.3, -0.25) is 9.98 Å². The number of rotatable bonds is 11. The molecule has 0 saturated heterocycles. The van der Waals surface area contributed by atoms with E-state index < -0.39 is 0 Å². The van der Waals surface area contributed by atoms with Crippen LogP contribution in [0.1, 0.15) is 63.5 Å². The first-order valence-corrected chi connectivity index (χ1v) is 10.1. The van der Waals surface area contributed by atoms with Gasteiger partial charge in [0.1, 0.15) is 0 Å². The van der Waals surface area contributed by atoms with Crippen LogP contribution in [0, 0.1) is 0 Å². The number of aliphatic imine (C=N–C) groups is 2. The van der Waals surface area contributed by atoms with Gasteiger partial charge in [-0.05, 0) is 12.8 Å². The van der Waals surface area contributed by atoms with Gasteiger partial charge in [0.2, 0.25) is 0 Å². The topological polar surface area (TPSA) is 24.7 Å². The summed E-state index contributed by atoms with van der Waals surface area (Å²) in [6.45, 7) is 6.18. The molecule has 0 bridgehead atoms. The van der Waals surface area contributed by atoms with Crippen LogP contribution < -0.4 is 0 Å². The minimum absolute atomic E-state index is 0.860. The maximum absolute atomic E-state index is 4.99. The van der Waals surface area contributed by atoms with Crippen molar-refractivity contribution in [3.05, 3.63) is 71.8 Å². The molecule has 2 heteroatoms. The van der Waals surface area contributed by atoms with E-state index in [9.17, 15) is 0 Å². The van der Waals surface area contributed by atoms with Crippen LogP contribution in [0.15, 0.2) is 70.6 Å². The van der Waals surface area contributed by atoms with E-state index in [1.165, 1.54) is 25.7 Å². The summed E-state index contributed by atoms with van der Waals surface area (Å²) in [4.78, 5) is 9.99. The van der Waals surface area contributed by atoms with Gasteiger partial charge in [0.05, 0.1) is 11.4 Å². The lowest BCUT2D eigenvalue weighted by atomic mass is 9.99. The van der Waals surface area contributed by atoms with Gasteiger partial charge in [-0.2, -0.15) is 0 Å². The molecule has 0 N–H and O–H groups in total. The van der Waals surface area contributed by atoms with E-state index in [2.05, 4.69) is 74.5 Å². The zero-order valence-corrected chi connectivity index (χ0v) is 16.3. The fraction of sp³-hybridized carbons (Fsp3) is 0.417. The molecule has 2 aromatic rings. The second kappa shape index (κ2) is 12.2. The summed E-state index contributed by atoms with van der Waals surface area (Å²) in [6.07, 6.45) is 7.13. The number of unbranched alkanes of at least 4 members (excludes halogenated alkanes) is 4. The third-order valence-electron chi connectivity index (χ3n) is 4.38. The van der Waals surface area contributed by atoms with E-state index >= 15 is 0 Å². The number of nitrogens with zero attached hydrogens (tertiary/aromatic N) is 2. The molecule has 0 spiro atoms. The molecular weight excluding hydrogens is 316 g/mol. The monoisotopic (exact) mass is 348 g/mol. The molecule has 2 rings (SSSR count). The molecule has 0 atom stereocenters. The molecule has 2 aromatic carbocycles. The highest BCUT2D eigenvalue weighted by molar-refractivity contribution is 6.53. The SMILES string of the molecule is CCCCCN=C(C(=NCCCCC)c1ccccc1)c1ccccc1. The molecule has 0 radical (unpaired) electrons. The second-order valence-electron chi connectivity index (χ2n) is 6.61. The molecule has 0 aromatic heterocycles. The Kier molecular flexibility index (Phi) is 9.42. The Labute approximate surface area is 159 Å². The van der Waals surface area contributed by atoms with Crippen molar-refractivity contribution in [2.45, 2.75) is 52.4 Å². The minimum Gasteiger partial charge on any atom is -0.282 e. The van der Waals surface area contributed by atoms with Gasteiger partial charge in [0.15, 0.2) is 0 Å². The molecule has 0 aliphatic rings. The highest BCUT2D eigenvalue weighted by atomic mass is 14.8. The van der Waals surface area contributed by atoms with Gasteiger partial charge in [-0.1, -0.05) is 100 Å². The molecule has 0 fully saturated rings. The summed E-state index contributed by atoms with van der Waals surface area (Å²) in [5.41, 5.74) is 4.37. The first-order valence-electron chi connectivity index (χ1n) is 10.1. The highest BCUT2D eigenvalue weighted by Gasteiger charge is 2.13. The Bertz CT molecular complexity index is 610. The molecule has 0 aliphatic heterocycles. The van der Waals surface area contributed by atoms with Gasteiger partial charge in [0, 0.05) is 24.2 Å². The fourth-order valence-corrected chi connectivity index (χ4v) is 2.90. The fourth-order valence-electron chi connectivity index (χ4n) is 2.90. The molecular formula is C24H32N2. The van der Waals surface area contributed by atoms with Crippen LogP contribution >= 0.6 is 0 Å². The lowest BCUT2D eigenvalue weighted by Crippen LogP contribution is -2.19. The summed E-state index contributed by atoms with van der Waals surface area (Å²) >= 11 is 0. The Hall–Kier alpha value is -2.22. The van der Waals surface area contributed by atoms with E-state index in [-0.39, 0.29) is 0 Å². The summed E-state index contributed by atoms with van der Waals surface area (Å²) in [7, 11) is 0. The van der Waals surface area contributed by atoms with Gasteiger partial charge < -0.3 is 0 Å². The molecule has 138 valence electrons. The Morgan fingerprint density at radius 3 is 1.31 bits per heavy atom. The maximum Gasteiger partial charge on any atom is 0.0904 e. The largest absolute Gasteiger partial charge is 0.282 e. The Morgan fingerprint density at radius 2 is 0.962 bits per heavy atom. The van der Waals surface area contributed by atoms with Gasteiger partial charge in [0.25, 0.3) is 0 Å². The van der Waals surface area contributed by atoms with Gasteiger partial charge in [-0.15, -0.1) is 0 Å². The van der Waals surface area contributed by atoms with Gasteiger partial charge >= 0.3 is 0 Å². The molecule has 2 nitrogen and oxygen atoms in total. The standard InChI is InChI=1S/C24H32N2/c1-3-5-13-19-25-23(21-15-9-7-10-16-21)24(26-20-14-6-4-2)22-17-11-8-12-18-22/h7-12,15-18H,3-6,13-14,19-20H2,1-2H3. The summed E-state index contributed by atoms with van der Waals surface area (Å²) < 4.78 is 0. The second-order valence-corrected chi connectivity index (χ2v) is 6.61. The average Bonchev–Trinajstić information content (AvgIpc) is 2.70. The molecule has 26 heavy (non-hydrogen) atoms. The normalized spacial score (nSPS) is 12.4. The summed E-state index contributed by atoms with van der Waals surface area (Å²) in [5.74, 6) is 0. The number of benzene rings is 2. The van der Waals surface area contributed by atoms with Crippen LogP contribution in [0.25, 0.3) is 0 Å². The number of hydrogen-bond donors (Lipinski definition) is 0. The van der Waals surface area contributed by atoms with Crippen LogP contribution in [0.4, 0.5) is 0 Å². The van der Waals surface area contributed by atoms with E-state index in [1.54, 1.807) is 0 Å². The lowest BCUT2D eigenvalue weighted by Gasteiger charge is -2.12. The third-order valence-corrected chi connectivity index (χ3v) is 4.38. The zero-order chi connectivity index (χ0) is 18.5. The van der Waals surface area contributed by atoms with Crippen LogP contribution in [0.3, 0.4) is 0 Å². The smallest absolute Gasteiger partial charge is 0.0904 e. The van der Waals surface area contributed by atoms with Crippen molar-refractivity contribution in [1.82, 2.24) is 0 Å². The first kappa shape index (κ1) is 20.1. The van der Waals surface area contributed by atoms with Gasteiger partial charge in [-0.25, -0.2) is 0 Å². The number of hydrogen-bond acceptors (Lipinski definition) is 2. The minimum atomic E-state index is 0.860. The summed E-state index contributed by atoms with van der Waals surface area (Å²) in [6, 6.07) is 21.0. The van der Waals surface area contributed by atoms with Crippen molar-refractivity contribution >= 4 is 11.4 Å².